The van der Waals surface area contributed by atoms with Crippen molar-refractivity contribution in [2.24, 2.45) is 0 Å². The SMILES string of the molecule is Cc1ccc(CN(C(=O)COc2ccc(C)c(C)c2)[C@H]2CCS(=O)(=O)C2)cc1. The van der Waals surface area contributed by atoms with E-state index in [1.54, 1.807) is 4.90 Å². The fourth-order valence-corrected chi connectivity index (χ4v) is 5.09. The van der Waals surface area contributed by atoms with E-state index in [0.29, 0.717) is 18.7 Å². The normalized spacial score (nSPS) is 18.0. The van der Waals surface area contributed by atoms with Gasteiger partial charge in [0.2, 0.25) is 0 Å². The maximum Gasteiger partial charge on any atom is 0.261 e. The first-order valence-corrected chi connectivity index (χ1v) is 11.3. The molecule has 28 heavy (non-hydrogen) atoms. The molecule has 1 aliphatic heterocycles. The summed E-state index contributed by atoms with van der Waals surface area (Å²) in [5.41, 5.74) is 4.39. The average Bonchev–Trinajstić information content (AvgIpc) is 3.01. The summed E-state index contributed by atoms with van der Waals surface area (Å²) in [6.45, 7) is 6.30. The lowest BCUT2D eigenvalue weighted by molar-refractivity contribution is -0.136. The molecule has 0 saturated carbocycles. The van der Waals surface area contributed by atoms with Crippen molar-refractivity contribution < 1.29 is 17.9 Å². The molecule has 6 heteroatoms. The third kappa shape index (κ3) is 5.13. The smallest absolute Gasteiger partial charge is 0.261 e. The number of sulfone groups is 1. The van der Waals surface area contributed by atoms with Gasteiger partial charge >= 0.3 is 0 Å². The Bertz CT molecular complexity index is 951. The minimum absolute atomic E-state index is 0.0221. The molecule has 0 aromatic heterocycles. The van der Waals surface area contributed by atoms with Crippen LogP contribution in [0.2, 0.25) is 0 Å². The topological polar surface area (TPSA) is 63.7 Å². The lowest BCUT2D eigenvalue weighted by Gasteiger charge is -2.28. The second-order valence-electron chi connectivity index (χ2n) is 7.60. The Morgan fingerprint density at radius 2 is 1.79 bits per heavy atom. The number of rotatable bonds is 6. The molecule has 0 aliphatic carbocycles. The van der Waals surface area contributed by atoms with Crippen molar-refractivity contribution in [2.45, 2.75) is 39.8 Å². The van der Waals surface area contributed by atoms with Gasteiger partial charge in [0, 0.05) is 12.6 Å². The van der Waals surface area contributed by atoms with E-state index in [-0.39, 0.29) is 30.1 Å². The van der Waals surface area contributed by atoms with Gasteiger partial charge in [-0.05, 0) is 56.0 Å². The van der Waals surface area contributed by atoms with E-state index in [1.165, 1.54) is 0 Å². The summed E-state index contributed by atoms with van der Waals surface area (Å²) in [5, 5.41) is 0. The van der Waals surface area contributed by atoms with Gasteiger partial charge in [-0.1, -0.05) is 35.9 Å². The molecule has 2 aromatic rings. The Kier molecular flexibility index (Phi) is 6.08. The van der Waals surface area contributed by atoms with Gasteiger partial charge in [-0.2, -0.15) is 0 Å². The molecule has 5 nitrogen and oxygen atoms in total. The van der Waals surface area contributed by atoms with Crippen LogP contribution in [0, 0.1) is 20.8 Å². The van der Waals surface area contributed by atoms with Crippen LogP contribution >= 0.6 is 0 Å². The van der Waals surface area contributed by atoms with Crippen LogP contribution in [-0.2, 0) is 21.2 Å². The Morgan fingerprint density at radius 1 is 1.07 bits per heavy atom. The number of aryl methyl sites for hydroxylation is 3. The fraction of sp³-hybridized carbons (Fsp3) is 0.409. The van der Waals surface area contributed by atoms with Crippen LogP contribution in [0.25, 0.3) is 0 Å². The summed E-state index contributed by atoms with van der Waals surface area (Å²) < 4.78 is 29.6. The van der Waals surface area contributed by atoms with Crippen molar-refractivity contribution in [2.75, 3.05) is 18.1 Å². The van der Waals surface area contributed by atoms with Gasteiger partial charge in [0.25, 0.3) is 5.91 Å². The number of hydrogen-bond donors (Lipinski definition) is 0. The highest BCUT2D eigenvalue weighted by atomic mass is 32.2. The molecule has 3 rings (SSSR count). The lowest BCUT2D eigenvalue weighted by Crippen LogP contribution is -2.43. The molecule has 1 amide bonds. The van der Waals surface area contributed by atoms with Gasteiger partial charge in [0.1, 0.15) is 5.75 Å². The molecule has 0 spiro atoms. The first-order chi connectivity index (χ1) is 13.2. The second kappa shape index (κ2) is 8.35. The first-order valence-electron chi connectivity index (χ1n) is 9.49. The van der Waals surface area contributed by atoms with Crippen LogP contribution in [0.4, 0.5) is 0 Å². The van der Waals surface area contributed by atoms with Crippen molar-refractivity contribution in [3.8, 4) is 5.75 Å². The van der Waals surface area contributed by atoms with Gasteiger partial charge in [-0.15, -0.1) is 0 Å². The minimum Gasteiger partial charge on any atom is -0.484 e. The summed E-state index contributed by atoms with van der Waals surface area (Å²) in [6, 6.07) is 13.4. The summed E-state index contributed by atoms with van der Waals surface area (Å²) in [5.74, 6) is 0.605. The Labute approximate surface area is 167 Å². The van der Waals surface area contributed by atoms with Crippen LogP contribution in [-0.4, -0.2) is 43.4 Å². The quantitative estimate of drug-likeness (QED) is 0.746. The van der Waals surface area contributed by atoms with Crippen LogP contribution < -0.4 is 4.74 Å². The van der Waals surface area contributed by atoms with Crippen LogP contribution in [0.15, 0.2) is 42.5 Å². The van der Waals surface area contributed by atoms with Crippen LogP contribution in [0.3, 0.4) is 0 Å². The molecule has 150 valence electrons. The van der Waals surface area contributed by atoms with E-state index >= 15 is 0 Å². The zero-order chi connectivity index (χ0) is 20.3. The molecule has 1 saturated heterocycles. The Hall–Kier alpha value is -2.34. The number of hydrogen-bond acceptors (Lipinski definition) is 4. The second-order valence-corrected chi connectivity index (χ2v) is 9.83. The van der Waals surface area contributed by atoms with Gasteiger partial charge in [0.05, 0.1) is 11.5 Å². The molecule has 1 heterocycles. The van der Waals surface area contributed by atoms with E-state index in [0.717, 1.165) is 22.3 Å². The molecular formula is C22H27NO4S. The Morgan fingerprint density at radius 3 is 2.39 bits per heavy atom. The summed E-state index contributed by atoms with van der Waals surface area (Å²) in [4.78, 5) is 14.6. The van der Waals surface area contributed by atoms with Gasteiger partial charge in [0.15, 0.2) is 16.4 Å². The number of amides is 1. The minimum atomic E-state index is -3.09. The highest BCUT2D eigenvalue weighted by Crippen LogP contribution is 2.22. The number of nitrogens with zero attached hydrogens (tertiary/aromatic N) is 1. The van der Waals surface area contributed by atoms with Crippen molar-refractivity contribution in [3.05, 3.63) is 64.7 Å². The standard InChI is InChI=1S/C22H27NO4S/c1-16-4-7-19(8-5-16)13-23(20-10-11-28(25,26)15-20)22(24)14-27-21-9-6-17(2)18(3)12-21/h4-9,12,20H,10-11,13-15H2,1-3H3/t20-/m0/s1. The van der Waals surface area contributed by atoms with Gasteiger partial charge < -0.3 is 9.64 Å². The van der Waals surface area contributed by atoms with Crippen molar-refractivity contribution in [1.29, 1.82) is 0 Å². The monoisotopic (exact) mass is 401 g/mol. The van der Waals surface area contributed by atoms with Crippen molar-refractivity contribution in [3.63, 3.8) is 0 Å². The molecule has 1 fully saturated rings. The first kappa shape index (κ1) is 20.4. The molecule has 1 aliphatic rings. The largest absolute Gasteiger partial charge is 0.484 e. The van der Waals surface area contributed by atoms with E-state index in [1.807, 2.05) is 63.2 Å². The fourth-order valence-electron chi connectivity index (χ4n) is 3.36. The third-order valence-corrected chi connectivity index (χ3v) is 7.03. The average molecular weight is 402 g/mol. The van der Waals surface area contributed by atoms with Crippen molar-refractivity contribution >= 4 is 15.7 Å². The van der Waals surface area contributed by atoms with E-state index in [9.17, 15) is 13.2 Å². The van der Waals surface area contributed by atoms with Crippen molar-refractivity contribution in [1.82, 2.24) is 4.90 Å². The number of carbonyl (C=O) groups is 1. The highest BCUT2D eigenvalue weighted by molar-refractivity contribution is 7.91. The summed E-state index contributed by atoms with van der Waals surface area (Å²) in [7, 11) is -3.09. The Balaban J connectivity index is 1.73. The summed E-state index contributed by atoms with van der Waals surface area (Å²) in [6.07, 6.45) is 0.476. The lowest BCUT2D eigenvalue weighted by atomic mass is 10.1. The summed E-state index contributed by atoms with van der Waals surface area (Å²) >= 11 is 0. The van der Waals surface area contributed by atoms with Gasteiger partial charge in [-0.3, -0.25) is 4.79 Å². The number of ether oxygens (including phenoxy) is 1. The van der Waals surface area contributed by atoms with Crippen LogP contribution in [0.1, 0.15) is 28.7 Å². The zero-order valence-corrected chi connectivity index (χ0v) is 17.5. The predicted molar refractivity (Wildman–Crippen MR) is 110 cm³/mol. The highest BCUT2D eigenvalue weighted by Gasteiger charge is 2.34. The number of benzene rings is 2. The maximum absolute atomic E-state index is 12.9. The van der Waals surface area contributed by atoms with E-state index in [2.05, 4.69) is 0 Å². The predicted octanol–water partition coefficient (Wildman–Crippen LogP) is 3.21. The molecule has 0 unspecified atom stereocenters. The van der Waals surface area contributed by atoms with E-state index in [4.69, 9.17) is 4.74 Å². The molecular weight excluding hydrogens is 374 g/mol. The third-order valence-electron chi connectivity index (χ3n) is 5.28. The van der Waals surface area contributed by atoms with Gasteiger partial charge in [-0.25, -0.2) is 8.42 Å². The molecule has 1 atom stereocenters. The molecule has 0 N–H and O–H groups in total. The van der Waals surface area contributed by atoms with Crippen LogP contribution in [0.5, 0.6) is 5.75 Å². The van der Waals surface area contributed by atoms with E-state index < -0.39 is 9.84 Å². The number of carbonyl (C=O) groups excluding carboxylic acids is 1. The molecule has 0 bridgehead atoms. The molecule has 0 radical (unpaired) electrons. The zero-order valence-electron chi connectivity index (χ0n) is 16.6. The molecule has 2 aromatic carbocycles. The maximum atomic E-state index is 12.9.